The molecule has 172 valence electrons. The number of carbonyl (C=O) groups is 1. The topological polar surface area (TPSA) is 62.7 Å². The zero-order valence-electron chi connectivity index (χ0n) is 19.2. The van der Waals surface area contributed by atoms with Gasteiger partial charge in [0.15, 0.2) is 0 Å². The predicted molar refractivity (Wildman–Crippen MR) is 125 cm³/mol. The monoisotopic (exact) mass is 448 g/mol. The van der Waals surface area contributed by atoms with Gasteiger partial charge in [0.25, 0.3) is 0 Å². The van der Waals surface area contributed by atoms with Crippen molar-refractivity contribution >= 4 is 6.09 Å². The minimum atomic E-state index is -0.991. The summed E-state index contributed by atoms with van der Waals surface area (Å²) in [7, 11) is 0. The molecule has 1 aliphatic heterocycles. The summed E-state index contributed by atoms with van der Waals surface area (Å²) in [6.07, 6.45) is 2.00. The summed E-state index contributed by atoms with van der Waals surface area (Å²) in [5, 5.41) is 10.5. The number of ether oxygens (including phenoxy) is 1. The molecule has 1 amide bonds. The molecule has 2 heterocycles. The number of rotatable bonds is 6. The Hall–Kier alpha value is -3.25. The Labute approximate surface area is 193 Å². The molecule has 0 radical (unpaired) electrons. The van der Waals surface area contributed by atoms with E-state index in [1.165, 1.54) is 12.3 Å². The van der Waals surface area contributed by atoms with E-state index in [-0.39, 0.29) is 6.04 Å². The fourth-order valence-corrected chi connectivity index (χ4v) is 4.57. The zero-order chi connectivity index (χ0) is 23.6. The molecule has 1 fully saturated rings. The summed E-state index contributed by atoms with van der Waals surface area (Å²) in [6.45, 7) is 5.95. The van der Waals surface area contributed by atoms with E-state index in [2.05, 4.69) is 4.98 Å². The number of amides is 1. The van der Waals surface area contributed by atoms with Crippen molar-refractivity contribution in [1.29, 1.82) is 0 Å². The smallest absolute Gasteiger partial charge is 0.411 e. The minimum absolute atomic E-state index is 0.186. The van der Waals surface area contributed by atoms with Gasteiger partial charge in [-0.2, -0.15) is 4.39 Å². The normalized spacial score (nSPS) is 19.8. The van der Waals surface area contributed by atoms with E-state index in [1.807, 2.05) is 61.5 Å². The first kappa shape index (κ1) is 22.9. The third-order valence-electron chi connectivity index (χ3n) is 6.21. The molecular weight excluding hydrogens is 419 g/mol. The van der Waals surface area contributed by atoms with Crippen LogP contribution in [0.25, 0.3) is 11.1 Å². The number of aliphatic hydroxyl groups is 1. The number of nitrogens with zero attached hydrogens (tertiary/aromatic N) is 2. The molecule has 3 aromatic rings. The Bertz CT molecular complexity index is 1090. The van der Waals surface area contributed by atoms with Crippen molar-refractivity contribution in [2.24, 2.45) is 0 Å². The van der Waals surface area contributed by atoms with Gasteiger partial charge in [0.1, 0.15) is 5.60 Å². The van der Waals surface area contributed by atoms with Crippen LogP contribution in [0.2, 0.25) is 0 Å². The average Bonchev–Trinajstić information content (AvgIpc) is 2.79. The van der Waals surface area contributed by atoms with Crippen LogP contribution >= 0.6 is 0 Å². The standard InChI is InChI=1S/C27H29FN2O3/c1-19(20-9-11-21(12-10-20)22-13-14-24(28)29-17-22)30-16-15-27(33-25(30)31,18-26(2,3)32)23-7-5-4-6-8-23/h4-14,17,19,32H,15-16,18H2,1-3H3/t19-,27-/m0/s1. The quantitative estimate of drug-likeness (QED) is 0.481. The summed E-state index contributed by atoms with van der Waals surface area (Å²) in [4.78, 5) is 18.6. The summed E-state index contributed by atoms with van der Waals surface area (Å²) in [5.41, 5.74) is 1.76. The van der Waals surface area contributed by atoms with E-state index < -0.39 is 23.2 Å². The van der Waals surface area contributed by atoms with E-state index in [0.29, 0.717) is 19.4 Å². The van der Waals surface area contributed by atoms with Gasteiger partial charge in [0.05, 0.1) is 11.6 Å². The first-order chi connectivity index (χ1) is 15.7. The average molecular weight is 449 g/mol. The van der Waals surface area contributed by atoms with Gasteiger partial charge in [0.2, 0.25) is 5.95 Å². The van der Waals surface area contributed by atoms with E-state index in [9.17, 15) is 14.3 Å². The van der Waals surface area contributed by atoms with E-state index in [1.54, 1.807) is 24.8 Å². The van der Waals surface area contributed by atoms with Gasteiger partial charge in [-0.1, -0.05) is 54.6 Å². The fourth-order valence-electron chi connectivity index (χ4n) is 4.57. The van der Waals surface area contributed by atoms with Gasteiger partial charge in [-0.15, -0.1) is 0 Å². The largest absolute Gasteiger partial charge is 0.438 e. The number of halogens is 1. The van der Waals surface area contributed by atoms with Gasteiger partial charge in [-0.25, -0.2) is 9.78 Å². The highest BCUT2D eigenvalue weighted by molar-refractivity contribution is 5.70. The maximum absolute atomic E-state index is 13.2. The van der Waals surface area contributed by atoms with E-state index >= 15 is 0 Å². The van der Waals surface area contributed by atoms with Crippen molar-refractivity contribution in [3.8, 4) is 11.1 Å². The molecule has 1 N–H and O–H groups in total. The maximum Gasteiger partial charge on any atom is 0.411 e. The highest BCUT2D eigenvalue weighted by Crippen LogP contribution is 2.42. The summed E-state index contributed by atoms with van der Waals surface area (Å²) < 4.78 is 19.2. The Kier molecular flexibility index (Phi) is 6.21. The summed E-state index contributed by atoms with van der Waals surface area (Å²) in [6, 6.07) is 20.3. The molecule has 33 heavy (non-hydrogen) atoms. The lowest BCUT2D eigenvalue weighted by atomic mass is 9.80. The Morgan fingerprint density at radius 2 is 1.76 bits per heavy atom. The Morgan fingerprint density at radius 3 is 2.33 bits per heavy atom. The summed E-state index contributed by atoms with van der Waals surface area (Å²) >= 11 is 0. The highest BCUT2D eigenvalue weighted by atomic mass is 19.1. The summed E-state index contributed by atoms with van der Waals surface area (Å²) in [5.74, 6) is -0.510. The molecule has 0 bridgehead atoms. The van der Waals surface area contributed by atoms with Gasteiger partial charge in [-0.05, 0) is 49.6 Å². The molecule has 0 unspecified atom stereocenters. The van der Waals surface area contributed by atoms with Crippen LogP contribution in [0, 0.1) is 5.95 Å². The van der Waals surface area contributed by atoms with Crippen molar-refractivity contribution in [1.82, 2.24) is 9.88 Å². The van der Waals surface area contributed by atoms with Crippen LogP contribution in [-0.2, 0) is 10.3 Å². The number of pyridine rings is 1. The van der Waals surface area contributed by atoms with Gasteiger partial charge < -0.3 is 14.7 Å². The Balaban J connectivity index is 1.53. The van der Waals surface area contributed by atoms with Gasteiger partial charge in [-0.3, -0.25) is 0 Å². The third kappa shape index (κ3) is 5.06. The lowest BCUT2D eigenvalue weighted by molar-refractivity contribution is -0.101. The second-order valence-electron chi connectivity index (χ2n) is 9.33. The molecule has 2 aromatic carbocycles. The number of carbonyl (C=O) groups excluding carboxylic acids is 1. The molecule has 1 aliphatic rings. The van der Waals surface area contributed by atoms with Crippen molar-refractivity contribution in [3.05, 3.63) is 90.0 Å². The molecule has 2 atom stereocenters. The first-order valence-electron chi connectivity index (χ1n) is 11.2. The van der Waals surface area contributed by atoms with Crippen LogP contribution in [0.3, 0.4) is 0 Å². The van der Waals surface area contributed by atoms with Crippen LogP contribution in [0.4, 0.5) is 9.18 Å². The van der Waals surface area contributed by atoms with E-state index in [0.717, 1.165) is 22.3 Å². The molecule has 5 nitrogen and oxygen atoms in total. The van der Waals surface area contributed by atoms with Crippen LogP contribution in [0.15, 0.2) is 72.9 Å². The van der Waals surface area contributed by atoms with Crippen LogP contribution in [0.5, 0.6) is 0 Å². The molecule has 0 spiro atoms. The van der Waals surface area contributed by atoms with Crippen LogP contribution in [0.1, 0.15) is 50.8 Å². The lowest BCUT2D eigenvalue weighted by Crippen LogP contribution is -2.51. The van der Waals surface area contributed by atoms with Crippen molar-refractivity contribution in [2.45, 2.75) is 50.9 Å². The highest BCUT2D eigenvalue weighted by Gasteiger charge is 2.46. The second kappa shape index (κ2) is 8.94. The molecule has 4 rings (SSSR count). The predicted octanol–water partition coefficient (Wildman–Crippen LogP) is 5.85. The lowest BCUT2D eigenvalue weighted by Gasteiger charge is -2.45. The maximum atomic E-state index is 13.2. The number of cyclic esters (lactones) is 1. The molecule has 1 saturated heterocycles. The van der Waals surface area contributed by atoms with Crippen LogP contribution in [-0.4, -0.2) is 33.2 Å². The minimum Gasteiger partial charge on any atom is -0.438 e. The number of benzene rings is 2. The second-order valence-corrected chi connectivity index (χ2v) is 9.33. The van der Waals surface area contributed by atoms with Gasteiger partial charge >= 0.3 is 6.09 Å². The third-order valence-corrected chi connectivity index (χ3v) is 6.21. The van der Waals surface area contributed by atoms with Crippen LogP contribution < -0.4 is 0 Å². The molecular formula is C27H29FN2O3. The number of hydrogen-bond acceptors (Lipinski definition) is 4. The van der Waals surface area contributed by atoms with Gasteiger partial charge in [0, 0.05) is 31.1 Å². The van der Waals surface area contributed by atoms with Crippen molar-refractivity contribution < 1.29 is 19.0 Å². The fraction of sp³-hybridized carbons (Fsp3) is 0.333. The molecule has 0 aliphatic carbocycles. The molecule has 6 heteroatoms. The van der Waals surface area contributed by atoms with E-state index in [4.69, 9.17) is 4.74 Å². The SMILES string of the molecule is C[C@@H](c1ccc(-c2ccc(F)nc2)cc1)N1CC[C@](CC(C)(C)O)(c2ccccc2)OC1=O. The molecule has 0 saturated carbocycles. The number of hydrogen-bond donors (Lipinski definition) is 1. The first-order valence-corrected chi connectivity index (χ1v) is 11.2. The zero-order valence-corrected chi connectivity index (χ0v) is 19.2. The van der Waals surface area contributed by atoms with Crippen molar-refractivity contribution in [3.63, 3.8) is 0 Å². The number of aromatic nitrogens is 1. The molecule has 1 aromatic heterocycles. The van der Waals surface area contributed by atoms with Crippen molar-refractivity contribution in [2.75, 3.05) is 6.54 Å². The Morgan fingerprint density at radius 1 is 1.09 bits per heavy atom.